The van der Waals surface area contributed by atoms with Crippen LogP contribution in [0, 0.1) is 13.8 Å². The normalized spacial score (nSPS) is 16.6. The number of nitrogens with zero attached hydrogens (tertiary/aromatic N) is 1. The van der Waals surface area contributed by atoms with Crippen LogP contribution in [-0.2, 0) is 11.2 Å². The number of amides is 3. The van der Waals surface area contributed by atoms with Crippen LogP contribution in [0.1, 0.15) is 23.1 Å². The molecule has 0 aromatic heterocycles. The molecular weight excluding hydrogens is 326 g/mol. The highest BCUT2D eigenvalue weighted by Crippen LogP contribution is 2.24. The van der Waals surface area contributed by atoms with Gasteiger partial charge in [-0.05, 0) is 49.1 Å². The Morgan fingerprint density at radius 1 is 1.12 bits per heavy atom. The Bertz CT molecular complexity index is 789. The van der Waals surface area contributed by atoms with Gasteiger partial charge in [-0.15, -0.1) is 0 Å². The van der Waals surface area contributed by atoms with Crippen molar-refractivity contribution in [1.29, 1.82) is 0 Å². The molecule has 1 saturated heterocycles. The van der Waals surface area contributed by atoms with Gasteiger partial charge in [-0.3, -0.25) is 4.79 Å². The van der Waals surface area contributed by atoms with Crippen molar-refractivity contribution in [2.45, 2.75) is 32.7 Å². The molecule has 1 fully saturated rings. The molecule has 5 heteroatoms. The lowest BCUT2D eigenvalue weighted by molar-refractivity contribution is -0.117. The number of hydrogen-bond acceptors (Lipinski definition) is 2. The van der Waals surface area contributed by atoms with E-state index < -0.39 is 0 Å². The van der Waals surface area contributed by atoms with E-state index in [2.05, 4.69) is 17.6 Å². The highest BCUT2D eigenvalue weighted by atomic mass is 16.2. The lowest BCUT2D eigenvalue weighted by Crippen LogP contribution is -2.43. The van der Waals surface area contributed by atoms with Gasteiger partial charge in [0.05, 0.1) is 6.04 Å². The van der Waals surface area contributed by atoms with E-state index in [1.807, 2.05) is 55.5 Å². The molecule has 1 heterocycles. The van der Waals surface area contributed by atoms with Crippen LogP contribution < -0.4 is 15.5 Å². The second-order valence-corrected chi connectivity index (χ2v) is 6.81. The van der Waals surface area contributed by atoms with Crippen LogP contribution in [0.4, 0.5) is 10.5 Å². The molecule has 0 aliphatic carbocycles. The topological polar surface area (TPSA) is 61.4 Å². The molecule has 1 aliphatic rings. The fraction of sp³-hybridized carbons (Fsp3) is 0.333. The van der Waals surface area contributed by atoms with Crippen LogP contribution in [0.3, 0.4) is 0 Å². The molecule has 0 radical (unpaired) electrons. The third-order valence-electron chi connectivity index (χ3n) is 4.80. The van der Waals surface area contributed by atoms with Gasteiger partial charge in [0, 0.05) is 25.2 Å². The summed E-state index contributed by atoms with van der Waals surface area (Å²) < 4.78 is 0. The van der Waals surface area contributed by atoms with Crippen molar-refractivity contribution in [2.75, 3.05) is 18.0 Å². The van der Waals surface area contributed by atoms with E-state index in [1.165, 1.54) is 11.1 Å². The molecule has 0 bridgehead atoms. The summed E-state index contributed by atoms with van der Waals surface area (Å²) in [7, 11) is 0. The van der Waals surface area contributed by atoms with Gasteiger partial charge in [0.2, 0.25) is 5.91 Å². The zero-order valence-electron chi connectivity index (χ0n) is 15.3. The van der Waals surface area contributed by atoms with Crippen LogP contribution in [0.2, 0.25) is 0 Å². The van der Waals surface area contributed by atoms with E-state index in [-0.39, 0.29) is 18.0 Å². The van der Waals surface area contributed by atoms with Gasteiger partial charge in [-0.25, -0.2) is 4.79 Å². The minimum absolute atomic E-state index is 0.0443. The zero-order chi connectivity index (χ0) is 18.5. The highest BCUT2D eigenvalue weighted by Gasteiger charge is 2.31. The largest absolute Gasteiger partial charge is 0.338 e. The van der Waals surface area contributed by atoms with Crippen LogP contribution in [0.25, 0.3) is 0 Å². The van der Waals surface area contributed by atoms with Gasteiger partial charge in [-0.1, -0.05) is 36.4 Å². The summed E-state index contributed by atoms with van der Waals surface area (Å²) in [6, 6.07) is 15.6. The van der Waals surface area contributed by atoms with E-state index in [4.69, 9.17) is 0 Å². The molecule has 0 spiro atoms. The third kappa shape index (κ3) is 4.42. The molecule has 0 unspecified atom stereocenters. The first kappa shape index (κ1) is 18.0. The number of hydrogen-bond donors (Lipinski definition) is 2. The molecule has 136 valence electrons. The maximum Gasteiger partial charge on any atom is 0.315 e. The molecule has 3 amide bonds. The van der Waals surface area contributed by atoms with E-state index in [9.17, 15) is 9.59 Å². The van der Waals surface area contributed by atoms with E-state index >= 15 is 0 Å². The minimum atomic E-state index is -0.222. The second kappa shape index (κ2) is 8.04. The Hall–Kier alpha value is -2.82. The van der Waals surface area contributed by atoms with Crippen molar-refractivity contribution in [3.8, 4) is 0 Å². The lowest BCUT2D eigenvalue weighted by Gasteiger charge is -2.18. The van der Waals surface area contributed by atoms with Crippen molar-refractivity contribution < 1.29 is 9.59 Å². The van der Waals surface area contributed by atoms with Crippen LogP contribution >= 0.6 is 0 Å². The SMILES string of the molecule is Cc1ccc(N2C[C@H](NC(=O)NCCc3ccccc3)CC2=O)cc1C. The van der Waals surface area contributed by atoms with Crippen molar-refractivity contribution in [3.05, 3.63) is 65.2 Å². The number of rotatable bonds is 5. The molecule has 1 atom stereocenters. The van der Waals surface area contributed by atoms with Crippen molar-refractivity contribution in [1.82, 2.24) is 10.6 Å². The third-order valence-corrected chi connectivity index (χ3v) is 4.80. The predicted molar refractivity (Wildman–Crippen MR) is 103 cm³/mol. The average molecular weight is 351 g/mol. The number of aryl methyl sites for hydroxylation is 2. The average Bonchev–Trinajstić information content (AvgIpc) is 2.98. The molecule has 26 heavy (non-hydrogen) atoms. The first-order chi connectivity index (χ1) is 12.5. The summed E-state index contributed by atoms with van der Waals surface area (Å²) in [6.45, 7) is 5.16. The standard InChI is InChI=1S/C21H25N3O2/c1-15-8-9-19(12-16(15)2)24-14-18(13-20(24)25)23-21(26)22-11-10-17-6-4-3-5-7-17/h3-9,12,18H,10-11,13-14H2,1-2H3,(H2,22,23,26)/t18-/m1/s1. The maximum absolute atomic E-state index is 12.3. The number of carbonyl (C=O) groups is 2. The minimum Gasteiger partial charge on any atom is -0.338 e. The summed E-state index contributed by atoms with van der Waals surface area (Å²) >= 11 is 0. The quantitative estimate of drug-likeness (QED) is 0.870. The van der Waals surface area contributed by atoms with Crippen molar-refractivity contribution >= 4 is 17.6 Å². The van der Waals surface area contributed by atoms with Crippen LogP contribution in [-0.4, -0.2) is 31.1 Å². The Kier molecular flexibility index (Phi) is 5.56. The highest BCUT2D eigenvalue weighted by molar-refractivity contribution is 5.96. The fourth-order valence-corrected chi connectivity index (χ4v) is 3.15. The number of anilines is 1. The van der Waals surface area contributed by atoms with Gasteiger partial charge in [0.15, 0.2) is 0 Å². The van der Waals surface area contributed by atoms with Gasteiger partial charge in [0.1, 0.15) is 0 Å². The number of nitrogens with one attached hydrogen (secondary N) is 2. The summed E-state index contributed by atoms with van der Waals surface area (Å²) in [6.07, 6.45) is 1.12. The zero-order valence-corrected chi connectivity index (χ0v) is 15.3. The molecule has 0 saturated carbocycles. The number of carbonyl (C=O) groups excluding carboxylic acids is 2. The Morgan fingerprint density at radius 2 is 1.88 bits per heavy atom. The summed E-state index contributed by atoms with van der Waals surface area (Å²) in [5, 5.41) is 5.77. The van der Waals surface area contributed by atoms with Gasteiger partial charge in [-0.2, -0.15) is 0 Å². The van der Waals surface area contributed by atoms with E-state index in [1.54, 1.807) is 4.90 Å². The van der Waals surface area contributed by atoms with Crippen LogP contribution in [0.15, 0.2) is 48.5 Å². The molecular formula is C21H25N3O2. The molecule has 1 aliphatic heterocycles. The summed E-state index contributed by atoms with van der Waals surface area (Å²) in [4.78, 5) is 26.2. The Balaban J connectivity index is 1.49. The second-order valence-electron chi connectivity index (χ2n) is 6.81. The van der Waals surface area contributed by atoms with Gasteiger partial charge in [0.25, 0.3) is 0 Å². The summed E-state index contributed by atoms with van der Waals surface area (Å²) in [5.74, 6) is 0.0443. The number of benzene rings is 2. The molecule has 2 N–H and O–H groups in total. The molecule has 2 aromatic carbocycles. The first-order valence-corrected chi connectivity index (χ1v) is 8.99. The number of urea groups is 1. The van der Waals surface area contributed by atoms with E-state index in [0.717, 1.165) is 17.7 Å². The maximum atomic E-state index is 12.3. The first-order valence-electron chi connectivity index (χ1n) is 8.99. The predicted octanol–water partition coefficient (Wildman–Crippen LogP) is 2.95. The van der Waals surface area contributed by atoms with E-state index in [0.29, 0.717) is 19.5 Å². The van der Waals surface area contributed by atoms with Gasteiger partial charge >= 0.3 is 6.03 Å². The smallest absolute Gasteiger partial charge is 0.315 e. The molecule has 3 rings (SSSR count). The summed E-state index contributed by atoms with van der Waals surface area (Å²) in [5.41, 5.74) is 4.44. The Labute approximate surface area is 154 Å². The van der Waals surface area contributed by atoms with Crippen LogP contribution in [0.5, 0.6) is 0 Å². The molecule has 2 aromatic rings. The van der Waals surface area contributed by atoms with Gasteiger partial charge < -0.3 is 15.5 Å². The molecule has 5 nitrogen and oxygen atoms in total. The lowest BCUT2D eigenvalue weighted by atomic mass is 10.1. The Morgan fingerprint density at radius 3 is 2.62 bits per heavy atom. The fourth-order valence-electron chi connectivity index (χ4n) is 3.15. The van der Waals surface area contributed by atoms with Crippen molar-refractivity contribution in [2.24, 2.45) is 0 Å². The monoisotopic (exact) mass is 351 g/mol. The van der Waals surface area contributed by atoms with Crippen molar-refractivity contribution in [3.63, 3.8) is 0 Å².